The van der Waals surface area contributed by atoms with Gasteiger partial charge in [-0.1, -0.05) is 69.3 Å². The van der Waals surface area contributed by atoms with Crippen LogP contribution in [0.15, 0.2) is 48.5 Å². The van der Waals surface area contributed by atoms with Crippen LogP contribution in [0.25, 0.3) is 11.1 Å². The normalized spacial score (nSPS) is 20.8. The number of rotatable bonds is 5. The number of carbonyl (C=O) groups is 3. The summed E-state index contributed by atoms with van der Waals surface area (Å²) in [4.78, 5) is 39.7. The van der Waals surface area contributed by atoms with Gasteiger partial charge in [-0.2, -0.15) is 0 Å². The fourth-order valence-corrected chi connectivity index (χ4v) is 5.73. The van der Waals surface area contributed by atoms with Gasteiger partial charge in [0.2, 0.25) is 5.91 Å². The van der Waals surface area contributed by atoms with Crippen molar-refractivity contribution >= 4 is 18.0 Å². The smallest absolute Gasteiger partial charge is 0.407 e. The fraction of sp³-hybridized carbons (Fsp3) is 0.464. The first-order valence-corrected chi connectivity index (χ1v) is 12.2. The molecule has 35 heavy (non-hydrogen) atoms. The van der Waals surface area contributed by atoms with E-state index < -0.39 is 29.4 Å². The van der Waals surface area contributed by atoms with Crippen molar-refractivity contribution in [3.63, 3.8) is 0 Å². The van der Waals surface area contributed by atoms with E-state index in [4.69, 9.17) is 4.74 Å². The molecule has 1 saturated carbocycles. The van der Waals surface area contributed by atoms with Crippen molar-refractivity contribution in [2.75, 3.05) is 19.7 Å². The third-order valence-electron chi connectivity index (χ3n) is 7.87. The van der Waals surface area contributed by atoms with Gasteiger partial charge in [0.15, 0.2) is 0 Å². The van der Waals surface area contributed by atoms with Crippen LogP contribution >= 0.6 is 0 Å². The Morgan fingerprint density at radius 3 is 2.11 bits per heavy atom. The number of carboxylic acids is 1. The second kappa shape index (κ2) is 8.40. The van der Waals surface area contributed by atoms with E-state index in [1.807, 2.05) is 45.0 Å². The maximum atomic E-state index is 13.5. The second-order valence-corrected chi connectivity index (χ2v) is 11.2. The number of alkyl carbamates (subject to hydrolysis) is 1. The van der Waals surface area contributed by atoms with Gasteiger partial charge in [-0.05, 0) is 40.5 Å². The molecule has 2 N–H and O–H groups in total. The van der Waals surface area contributed by atoms with Crippen molar-refractivity contribution < 1.29 is 24.2 Å². The molecule has 1 saturated heterocycles. The Bertz CT molecular complexity index is 1130. The lowest BCUT2D eigenvalue weighted by molar-refractivity contribution is -0.143. The van der Waals surface area contributed by atoms with Crippen LogP contribution in [0, 0.1) is 16.7 Å². The maximum Gasteiger partial charge on any atom is 0.407 e. The summed E-state index contributed by atoms with van der Waals surface area (Å²) in [6.07, 6.45) is 1.01. The number of carboxylic acid groups (broad SMARTS) is 1. The van der Waals surface area contributed by atoms with Crippen molar-refractivity contribution in [1.29, 1.82) is 0 Å². The number of ether oxygens (including phenoxy) is 1. The summed E-state index contributed by atoms with van der Waals surface area (Å²) in [5.41, 5.74) is 3.67. The van der Waals surface area contributed by atoms with Crippen LogP contribution in [0.2, 0.25) is 0 Å². The summed E-state index contributed by atoms with van der Waals surface area (Å²) in [6, 6.07) is 15.4. The molecule has 2 amide bonds. The minimum absolute atomic E-state index is 0.0680. The molecule has 3 aliphatic rings. The number of benzene rings is 2. The maximum absolute atomic E-state index is 13.5. The van der Waals surface area contributed by atoms with E-state index in [-0.39, 0.29) is 30.4 Å². The number of nitrogens with one attached hydrogen (secondary N) is 1. The molecule has 1 spiro atoms. The van der Waals surface area contributed by atoms with Gasteiger partial charge in [0.25, 0.3) is 0 Å². The molecule has 0 bridgehead atoms. The zero-order valence-electron chi connectivity index (χ0n) is 20.4. The van der Waals surface area contributed by atoms with Crippen LogP contribution in [0.3, 0.4) is 0 Å². The Morgan fingerprint density at radius 2 is 1.63 bits per heavy atom. The summed E-state index contributed by atoms with van der Waals surface area (Å²) in [7, 11) is 0. The highest BCUT2D eigenvalue weighted by atomic mass is 16.5. The largest absolute Gasteiger partial charge is 0.481 e. The third-order valence-corrected chi connectivity index (χ3v) is 7.87. The number of hydrogen-bond acceptors (Lipinski definition) is 4. The van der Waals surface area contributed by atoms with Crippen LogP contribution in [0.5, 0.6) is 0 Å². The van der Waals surface area contributed by atoms with E-state index >= 15 is 0 Å². The Hall–Kier alpha value is -3.35. The molecule has 0 aromatic heterocycles. The van der Waals surface area contributed by atoms with Gasteiger partial charge in [-0.3, -0.25) is 9.59 Å². The molecule has 2 atom stereocenters. The first-order chi connectivity index (χ1) is 16.6. The molecule has 0 radical (unpaired) electrons. The van der Waals surface area contributed by atoms with Crippen molar-refractivity contribution in [1.82, 2.24) is 10.2 Å². The lowest BCUT2D eigenvalue weighted by atomic mass is 9.86. The Balaban J connectivity index is 1.27. The van der Waals surface area contributed by atoms with Gasteiger partial charge < -0.3 is 20.1 Å². The summed E-state index contributed by atoms with van der Waals surface area (Å²) in [5, 5.41) is 12.4. The SMILES string of the molecule is CC(C)(C)C(NC(=O)OCC1c2ccccc2-c2ccccc21)C(=O)N1CC(C(=O)O)C2(CC2)C1. The molecular weight excluding hydrogens is 444 g/mol. The predicted octanol–water partition coefficient (Wildman–Crippen LogP) is 4.26. The quantitative estimate of drug-likeness (QED) is 0.672. The molecule has 2 unspecified atom stereocenters. The van der Waals surface area contributed by atoms with E-state index in [2.05, 4.69) is 29.6 Å². The lowest BCUT2D eigenvalue weighted by Crippen LogP contribution is -2.54. The summed E-state index contributed by atoms with van der Waals surface area (Å²) < 4.78 is 5.68. The fourth-order valence-electron chi connectivity index (χ4n) is 5.73. The number of nitrogens with zero attached hydrogens (tertiary/aromatic N) is 1. The molecule has 2 aliphatic carbocycles. The molecule has 2 aromatic carbocycles. The molecule has 7 nitrogen and oxygen atoms in total. The van der Waals surface area contributed by atoms with Crippen molar-refractivity contribution in [2.24, 2.45) is 16.7 Å². The zero-order valence-corrected chi connectivity index (χ0v) is 20.4. The Labute approximate surface area is 205 Å². The lowest BCUT2D eigenvalue weighted by Gasteiger charge is -2.33. The van der Waals surface area contributed by atoms with E-state index in [1.54, 1.807) is 4.90 Å². The monoisotopic (exact) mass is 476 g/mol. The van der Waals surface area contributed by atoms with Crippen molar-refractivity contribution in [2.45, 2.75) is 45.6 Å². The predicted molar refractivity (Wildman–Crippen MR) is 131 cm³/mol. The zero-order chi connectivity index (χ0) is 25.0. The highest BCUT2D eigenvalue weighted by Gasteiger charge is 2.59. The third kappa shape index (κ3) is 4.17. The number of amides is 2. The van der Waals surface area contributed by atoms with Gasteiger partial charge in [0, 0.05) is 24.4 Å². The highest BCUT2D eigenvalue weighted by Crippen LogP contribution is 2.56. The minimum atomic E-state index is -0.852. The number of fused-ring (bicyclic) bond motifs is 3. The summed E-state index contributed by atoms with van der Waals surface area (Å²) in [6.45, 7) is 6.44. The molecule has 184 valence electrons. The van der Waals surface area contributed by atoms with Crippen molar-refractivity contribution in [3.05, 3.63) is 59.7 Å². The average molecular weight is 477 g/mol. The van der Waals surface area contributed by atoms with E-state index in [0.717, 1.165) is 35.1 Å². The molecule has 1 aliphatic heterocycles. The number of aliphatic carboxylic acids is 1. The second-order valence-electron chi connectivity index (χ2n) is 11.2. The molecule has 2 fully saturated rings. The van der Waals surface area contributed by atoms with Gasteiger partial charge in [-0.25, -0.2) is 4.79 Å². The van der Waals surface area contributed by atoms with Crippen LogP contribution in [-0.4, -0.2) is 53.7 Å². The van der Waals surface area contributed by atoms with Crippen LogP contribution < -0.4 is 5.32 Å². The van der Waals surface area contributed by atoms with Gasteiger partial charge in [0.1, 0.15) is 12.6 Å². The van der Waals surface area contributed by atoms with E-state index in [1.165, 1.54) is 0 Å². The van der Waals surface area contributed by atoms with Crippen molar-refractivity contribution in [3.8, 4) is 11.1 Å². The first kappa shape index (κ1) is 23.4. The topological polar surface area (TPSA) is 95.9 Å². The molecule has 2 aromatic rings. The summed E-state index contributed by atoms with van der Waals surface area (Å²) in [5.74, 6) is -1.71. The van der Waals surface area contributed by atoms with Crippen LogP contribution in [0.4, 0.5) is 4.79 Å². The first-order valence-electron chi connectivity index (χ1n) is 12.2. The molecular formula is C28H32N2O5. The number of likely N-dealkylation sites (tertiary alicyclic amines) is 1. The number of hydrogen-bond donors (Lipinski definition) is 2. The van der Waals surface area contributed by atoms with Crippen LogP contribution in [0.1, 0.15) is 50.7 Å². The molecule has 5 rings (SSSR count). The Kier molecular flexibility index (Phi) is 5.61. The summed E-state index contributed by atoms with van der Waals surface area (Å²) >= 11 is 0. The highest BCUT2D eigenvalue weighted by molar-refractivity contribution is 5.88. The standard InChI is InChI=1S/C28H32N2O5/c1-27(2,3)23(24(31)30-14-22(25(32)33)28(16-30)12-13-28)29-26(34)35-15-21-19-10-6-4-8-17(19)18-9-5-7-11-20(18)21/h4-11,21-23H,12-16H2,1-3H3,(H,29,34)(H,32,33). The average Bonchev–Trinajstić information content (AvgIpc) is 3.36. The van der Waals surface area contributed by atoms with E-state index in [9.17, 15) is 19.5 Å². The van der Waals surface area contributed by atoms with Gasteiger partial charge in [-0.15, -0.1) is 0 Å². The van der Waals surface area contributed by atoms with E-state index in [0.29, 0.717) is 6.54 Å². The number of carbonyl (C=O) groups excluding carboxylic acids is 2. The van der Waals surface area contributed by atoms with Gasteiger partial charge >= 0.3 is 12.1 Å². The van der Waals surface area contributed by atoms with Gasteiger partial charge in [0.05, 0.1) is 5.92 Å². The molecule has 7 heteroatoms. The Morgan fingerprint density at radius 1 is 1.06 bits per heavy atom. The minimum Gasteiger partial charge on any atom is -0.481 e. The molecule has 1 heterocycles. The van der Waals surface area contributed by atoms with Crippen LogP contribution in [-0.2, 0) is 14.3 Å².